The molecule has 0 unspecified atom stereocenters. The molecule has 0 aliphatic heterocycles. The van der Waals surface area contributed by atoms with Crippen molar-refractivity contribution in [1.82, 2.24) is 0 Å². The third-order valence-corrected chi connectivity index (χ3v) is 3.43. The van der Waals surface area contributed by atoms with Crippen LogP contribution in [0, 0.1) is 5.92 Å². The molecule has 2 aromatic rings. The summed E-state index contributed by atoms with van der Waals surface area (Å²) in [4.78, 5) is 24.2. The summed E-state index contributed by atoms with van der Waals surface area (Å²) in [5.41, 5.74) is 1.82. The minimum atomic E-state index is -0.241. The van der Waals surface area contributed by atoms with Crippen molar-refractivity contribution in [2.45, 2.75) is 33.8 Å². The van der Waals surface area contributed by atoms with Gasteiger partial charge in [0.15, 0.2) is 0 Å². The van der Waals surface area contributed by atoms with E-state index in [4.69, 9.17) is 4.74 Å². The van der Waals surface area contributed by atoms with E-state index in [9.17, 15) is 9.59 Å². The summed E-state index contributed by atoms with van der Waals surface area (Å²) >= 11 is 0. The van der Waals surface area contributed by atoms with E-state index in [1.165, 1.54) is 0 Å². The molecule has 0 atom stereocenters. The van der Waals surface area contributed by atoms with Gasteiger partial charge in [-0.1, -0.05) is 26.0 Å². The summed E-state index contributed by atoms with van der Waals surface area (Å²) in [6.07, 6.45) is -0.0159. The van der Waals surface area contributed by atoms with Gasteiger partial charge in [0.05, 0.1) is 11.7 Å². The van der Waals surface area contributed by atoms with Crippen molar-refractivity contribution in [2.24, 2.45) is 5.92 Å². The van der Waals surface area contributed by atoms with Gasteiger partial charge in [-0.2, -0.15) is 0 Å². The molecule has 0 aliphatic rings. The molecule has 2 amide bonds. The molecule has 0 saturated carbocycles. The first-order valence-corrected chi connectivity index (χ1v) is 8.34. The van der Waals surface area contributed by atoms with E-state index < -0.39 is 0 Å². The van der Waals surface area contributed by atoms with Gasteiger partial charge in [0.2, 0.25) is 5.91 Å². The van der Waals surface area contributed by atoms with Crippen molar-refractivity contribution in [3.8, 4) is 5.75 Å². The Morgan fingerprint density at radius 2 is 1.40 bits per heavy atom. The first kappa shape index (κ1) is 18.5. The highest BCUT2D eigenvalue weighted by Crippen LogP contribution is 2.21. The number of carbonyl (C=O) groups excluding carboxylic acids is 2. The standard InChI is InChI=1S/C20H24N2O3/c1-13(2)19(23)21-15-9-11-16(12-10-15)22-20(24)17-7-5-6-8-18(17)25-14(3)4/h5-14H,1-4H3,(H,21,23)(H,22,24). The zero-order valence-corrected chi connectivity index (χ0v) is 15.0. The number of hydrogen-bond acceptors (Lipinski definition) is 3. The highest BCUT2D eigenvalue weighted by molar-refractivity contribution is 6.06. The Kier molecular flexibility index (Phi) is 6.17. The Balaban J connectivity index is 2.07. The molecule has 132 valence electrons. The fourth-order valence-electron chi connectivity index (χ4n) is 2.13. The number of rotatable bonds is 6. The Bertz CT molecular complexity index is 737. The number of benzene rings is 2. The predicted octanol–water partition coefficient (Wildman–Crippen LogP) is 4.32. The van der Waals surface area contributed by atoms with Gasteiger partial charge in [-0.15, -0.1) is 0 Å². The first-order valence-electron chi connectivity index (χ1n) is 8.34. The normalized spacial score (nSPS) is 10.6. The Morgan fingerprint density at radius 1 is 0.840 bits per heavy atom. The number of carbonyl (C=O) groups is 2. The third kappa shape index (κ3) is 5.35. The fourth-order valence-corrected chi connectivity index (χ4v) is 2.13. The van der Waals surface area contributed by atoms with Gasteiger partial charge in [-0.3, -0.25) is 9.59 Å². The highest BCUT2D eigenvalue weighted by atomic mass is 16.5. The van der Waals surface area contributed by atoms with Crippen LogP contribution in [0.2, 0.25) is 0 Å². The average Bonchev–Trinajstić information content (AvgIpc) is 2.56. The first-order chi connectivity index (χ1) is 11.9. The maximum Gasteiger partial charge on any atom is 0.259 e. The molecule has 0 bridgehead atoms. The zero-order valence-electron chi connectivity index (χ0n) is 15.0. The second-order valence-corrected chi connectivity index (χ2v) is 6.34. The molecular formula is C20H24N2O3. The lowest BCUT2D eigenvalue weighted by Crippen LogP contribution is -2.18. The van der Waals surface area contributed by atoms with Gasteiger partial charge in [0.1, 0.15) is 5.75 Å². The van der Waals surface area contributed by atoms with Crippen LogP contribution in [0.1, 0.15) is 38.1 Å². The van der Waals surface area contributed by atoms with Crippen molar-refractivity contribution in [3.05, 3.63) is 54.1 Å². The molecular weight excluding hydrogens is 316 g/mol. The second kappa shape index (κ2) is 8.33. The topological polar surface area (TPSA) is 67.4 Å². The van der Waals surface area contributed by atoms with Crippen LogP contribution in [-0.4, -0.2) is 17.9 Å². The van der Waals surface area contributed by atoms with E-state index in [0.29, 0.717) is 22.7 Å². The molecule has 25 heavy (non-hydrogen) atoms. The van der Waals surface area contributed by atoms with Crippen LogP contribution in [0.15, 0.2) is 48.5 Å². The summed E-state index contributed by atoms with van der Waals surface area (Å²) in [5, 5.41) is 5.66. The van der Waals surface area contributed by atoms with Crippen LogP contribution in [0.25, 0.3) is 0 Å². The maximum absolute atomic E-state index is 12.5. The number of anilines is 2. The zero-order chi connectivity index (χ0) is 18.4. The SMILES string of the molecule is CC(C)Oc1ccccc1C(=O)Nc1ccc(NC(=O)C(C)C)cc1. The summed E-state index contributed by atoms with van der Waals surface area (Å²) < 4.78 is 5.68. The fraction of sp³-hybridized carbons (Fsp3) is 0.300. The Hall–Kier alpha value is -2.82. The van der Waals surface area contributed by atoms with Crippen molar-refractivity contribution in [2.75, 3.05) is 10.6 Å². The van der Waals surface area contributed by atoms with E-state index in [-0.39, 0.29) is 23.8 Å². The van der Waals surface area contributed by atoms with Crippen molar-refractivity contribution in [3.63, 3.8) is 0 Å². The van der Waals surface area contributed by atoms with E-state index >= 15 is 0 Å². The second-order valence-electron chi connectivity index (χ2n) is 6.34. The molecule has 0 saturated heterocycles. The van der Waals surface area contributed by atoms with Crippen LogP contribution >= 0.6 is 0 Å². The summed E-state index contributed by atoms with van der Waals surface area (Å²) in [7, 11) is 0. The van der Waals surface area contributed by atoms with E-state index in [1.54, 1.807) is 42.5 Å². The maximum atomic E-state index is 12.5. The Morgan fingerprint density at radius 3 is 1.96 bits per heavy atom. The van der Waals surface area contributed by atoms with Gasteiger partial charge in [-0.05, 0) is 50.2 Å². The molecule has 2 rings (SSSR count). The highest BCUT2D eigenvalue weighted by Gasteiger charge is 2.13. The van der Waals surface area contributed by atoms with Gasteiger partial charge in [-0.25, -0.2) is 0 Å². The minimum Gasteiger partial charge on any atom is -0.490 e. The number of ether oxygens (including phenoxy) is 1. The average molecular weight is 340 g/mol. The number of hydrogen-bond donors (Lipinski definition) is 2. The van der Waals surface area contributed by atoms with E-state index in [1.807, 2.05) is 33.8 Å². The largest absolute Gasteiger partial charge is 0.490 e. The molecule has 5 heteroatoms. The summed E-state index contributed by atoms with van der Waals surface area (Å²) in [5.74, 6) is 0.180. The van der Waals surface area contributed by atoms with Crippen molar-refractivity contribution >= 4 is 23.2 Å². The predicted molar refractivity (Wildman–Crippen MR) is 100 cm³/mol. The van der Waals surface area contributed by atoms with Crippen molar-refractivity contribution in [1.29, 1.82) is 0 Å². The molecule has 0 fully saturated rings. The number of amides is 2. The van der Waals surface area contributed by atoms with Crippen LogP contribution in [-0.2, 0) is 4.79 Å². The van der Waals surface area contributed by atoms with Gasteiger partial charge in [0.25, 0.3) is 5.91 Å². The summed E-state index contributed by atoms with van der Waals surface area (Å²) in [6.45, 7) is 7.50. The molecule has 0 spiro atoms. The van der Waals surface area contributed by atoms with Crippen LogP contribution in [0.4, 0.5) is 11.4 Å². The minimum absolute atomic E-state index is 0.0159. The van der Waals surface area contributed by atoms with Crippen LogP contribution < -0.4 is 15.4 Å². The van der Waals surface area contributed by atoms with E-state index in [2.05, 4.69) is 10.6 Å². The Labute approximate surface area is 148 Å². The molecule has 0 aromatic heterocycles. The molecule has 0 radical (unpaired) electrons. The molecule has 5 nitrogen and oxygen atoms in total. The van der Waals surface area contributed by atoms with Crippen LogP contribution in [0.3, 0.4) is 0 Å². The number of nitrogens with one attached hydrogen (secondary N) is 2. The van der Waals surface area contributed by atoms with Gasteiger partial charge in [0, 0.05) is 17.3 Å². The molecule has 0 heterocycles. The molecule has 2 N–H and O–H groups in total. The summed E-state index contributed by atoms with van der Waals surface area (Å²) in [6, 6.07) is 14.1. The smallest absolute Gasteiger partial charge is 0.259 e. The lowest BCUT2D eigenvalue weighted by Gasteiger charge is -2.14. The van der Waals surface area contributed by atoms with Gasteiger partial charge >= 0.3 is 0 Å². The van der Waals surface area contributed by atoms with Gasteiger partial charge < -0.3 is 15.4 Å². The lowest BCUT2D eigenvalue weighted by atomic mass is 10.1. The molecule has 0 aliphatic carbocycles. The quantitative estimate of drug-likeness (QED) is 0.823. The molecule has 2 aromatic carbocycles. The lowest BCUT2D eigenvalue weighted by molar-refractivity contribution is -0.118. The monoisotopic (exact) mass is 340 g/mol. The number of para-hydroxylation sites is 1. The van der Waals surface area contributed by atoms with Crippen LogP contribution in [0.5, 0.6) is 5.75 Å². The third-order valence-electron chi connectivity index (χ3n) is 3.43. The van der Waals surface area contributed by atoms with Crippen molar-refractivity contribution < 1.29 is 14.3 Å². The van der Waals surface area contributed by atoms with E-state index in [0.717, 1.165) is 0 Å².